The van der Waals surface area contributed by atoms with Gasteiger partial charge in [0.15, 0.2) is 0 Å². The fraction of sp³-hybridized carbons (Fsp3) is 0.459. The number of nitrogens with zero attached hydrogens (tertiary/aromatic N) is 4. The Morgan fingerprint density at radius 3 is 2.18 bits per heavy atom. The van der Waals surface area contributed by atoms with Crippen molar-refractivity contribution in [2.45, 2.75) is 57.8 Å². The predicted octanol–water partition coefficient (Wildman–Crippen LogP) is 4.11. The van der Waals surface area contributed by atoms with Gasteiger partial charge in [-0.15, -0.1) is 0 Å². The van der Waals surface area contributed by atoms with Gasteiger partial charge in [-0.1, -0.05) is 12.1 Å². The molecule has 0 unspecified atom stereocenters. The summed E-state index contributed by atoms with van der Waals surface area (Å²) in [5.74, 6) is 0.880. The van der Waals surface area contributed by atoms with Crippen molar-refractivity contribution in [1.82, 2.24) is 19.7 Å². The quantitative estimate of drug-likeness (QED) is 0.361. The summed E-state index contributed by atoms with van der Waals surface area (Å²) in [6, 6.07) is 12.7. The number of piperidine rings is 2. The first-order valence-corrected chi connectivity index (χ1v) is 16.9. The molecular weight excluding hydrogens is 626 g/mol. The molecule has 0 aliphatic carbocycles. The molecule has 2 aromatic carbocycles. The molecule has 6 rings (SSSR count). The fourth-order valence-corrected chi connectivity index (χ4v) is 7.01. The summed E-state index contributed by atoms with van der Waals surface area (Å²) in [6.45, 7) is 5.89. The van der Waals surface area contributed by atoms with E-state index in [1.54, 1.807) is 36.9 Å². The second kappa shape index (κ2) is 14.8. The Balaban J connectivity index is 0.987. The third kappa shape index (κ3) is 7.65. The lowest BCUT2D eigenvalue weighted by atomic mass is 10.0. The van der Waals surface area contributed by atoms with E-state index in [9.17, 15) is 19.2 Å². The molecule has 12 nitrogen and oxygen atoms in total. The zero-order valence-electron chi connectivity index (χ0n) is 28.7. The van der Waals surface area contributed by atoms with Gasteiger partial charge in [0.2, 0.25) is 5.91 Å². The summed E-state index contributed by atoms with van der Waals surface area (Å²) in [6.07, 6.45) is 5.76. The van der Waals surface area contributed by atoms with E-state index in [1.807, 2.05) is 30.2 Å². The number of anilines is 1. The Morgan fingerprint density at radius 1 is 0.837 bits per heavy atom. The molecule has 1 aromatic heterocycles. The highest BCUT2D eigenvalue weighted by Gasteiger charge is 2.31. The third-order valence-corrected chi connectivity index (χ3v) is 9.80. The number of methoxy groups -OCH3 is 2. The van der Waals surface area contributed by atoms with Gasteiger partial charge < -0.3 is 23.7 Å². The van der Waals surface area contributed by atoms with E-state index in [0.717, 1.165) is 67.8 Å². The van der Waals surface area contributed by atoms with Gasteiger partial charge in [0, 0.05) is 75.6 Å². The number of pyridine rings is 1. The monoisotopic (exact) mass is 671 g/mol. The molecule has 1 N–H and O–H groups in total. The van der Waals surface area contributed by atoms with Crippen LogP contribution in [0.5, 0.6) is 11.5 Å². The zero-order chi connectivity index (χ0) is 34.7. The van der Waals surface area contributed by atoms with E-state index in [2.05, 4.69) is 22.3 Å². The summed E-state index contributed by atoms with van der Waals surface area (Å²) in [4.78, 5) is 55.4. The number of carbonyl (C=O) groups is 3. The molecule has 3 aliphatic heterocycles. The highest BCUT2D eigenvalue weighted by atomic mass is 16.5. The number of aromatic nitrogens is 1. The summed E-state index contributed by atoms with van der Waals surface area (Å²) in [7, 11) is 4.98. The number of carbonyl (C=O) groups excluding carboxylic acids is 3. The Hall–Kier alpha value is -4.68. The highest BCUT2D eigenvalue weighted by Crippen LogP contribution is 2.32. The standard InChI is InChI=1S/C37H45N5O7/c1-24-19-28(22-39(2)35(24)44)25-5-6-27(33(21-25)48-4)23-40-14-9-29(10-15-40)49-30-11-16-41(17-12-30)36(45)26-7-8-32(47-3)31(20-26)42-18-13-34(43)38-37(42)46/h5-8,19-22,29-30H,9-18,23H2,1-4H3,(H,38,43,46). The van der Waals surface area contributed by atoms with E-state index in [-0.39, 0.29) is 42.5 Å². The zero-order valence-corrected chi connectivity index (χ0v) is 28.7. The number of amides is 4. The van der Waals surface area contributed by atoms with Gasteiger partial charge in [-0.05, 0) is 74.1 Å². The summed E-state index contributed by atoms with van der Waals surface area (Å²) < 4.78 is 19.4. The van der Waals surface area contributed by atoms with Gasteiger partial charge in [-0.3, -0.25) is 29.5 Å². The van der Waals surface area contributed by atoms with Crippen LogP contribution in [0, 0.1) is 6.92 Å². The van der Waals surface area contributed by atoms with Crippen molar-refractivity contribution in [1.29, 1.82) is 0 Å². The summed E-state index contributed by atoms with van der Waals surface area (Å²) in [5.41, 5.74) is 4.78. The molecule has 3 aliphatic rings. The van der Waals surface area contributed by atoms with Crippen LogP contribution in [0.2, 0.25) is 0 Å². The maximum atomic E-state index is 13.5. The first kappa shape index (κ1) is 34.2. The molecule has 3 aromatic rings. The normalized spacial score (nSPS) is 18.0. The van der Waals surface area contributed by atoms with Crippen LogP contribution in [0.1, 0.15) is 53.6 Å². The molecule has 4 heterocycles. The number of aryl methyl sites for hydroxylation is 2. The number of urea groups is 1. The maximum absolute atomic E-state index is 13.5. The van der Waals surface area contributed by atoms with E-state index >= 15 is 0 Å². The van der Waals surface area contributed by atoms with Gasteiger partial charge in [-0.2, -0.15) is 0 Å². The third-order valence-electron chi connectivity index (χ3n) is 9.80. The van der Waals surface area contributed by atoms with E-state index in [0.29, 0.717) is 35.7 Å². The van der Waals surface area contributed by atoms with E-state index in [4.69, 9.17) is 14.2 Å². The number of imide groups is 1. The molecule has 12 heteroatoms. The number of hydrogen-bond acceptors (Lipinski definition) is 8. The number of rotatable bonds is 9. The number of hydrogen-bond donors (Lipinski definition) is 1. The van der Waals surface area contributed by atoms with Gasteiger partial charge in [-0.25, -0.2) is 4.79 Å². The lowest BCUT2D eigenvalue weighted by Gasteiger charge is -2.37. The van der Waals surface area contributed by atoms with Crippen LogP contribution in [-0.4, -0.2) is 91.4 Å². The smallest absolute Gasteiger partial charge is 0.328 e. The lowest BCUT2D eigenvalue weighted by molar-refractivity contribution is -0.120. The Bertz CT molecular complexity index is 1750. The van der Waals surface area contributed by atoms with Crippen molar-refractivity contribution in [3.63, 3.8) is 0 Å². The Kier molecular flexibility index (Phi) is 10.4. The average Bonchev–Trinajstić information content (AvgIpc) is 3.11. The minimum atomic E-state index is -0.522. The topological polar surface area (TPSA) is 123 Å². The summed E-state index contributed by atoms with van der Waals surface area (Å²) in [5, 5.41) is 2.33. The molecule has 260 valence electrons. The Morgan fingerprint density at radius 2 is 1.53 bits per heavy atom. The highest BCUT2D eigenvalue weighted by molar-refractivity contribution is 6.07. The molecule has 3 fully saturated rings. The molecule has 0 radical (unpaired) electrons. The first-order valence-electron chi connectivity index (χ1n) is 16.9. The number of nitrogens with one attached hydrogen (secondary N) is 1. The molecule has 0 bridgehead atoms. The SMILES string of the molecule is COc1cc(-c2cc(C)c(=O)n(C)c2)ccc1CN1CCC(OC2CCN(C(=O)c3ccc(OC)c(N4CCC(=O)NC4=O)c3)CC2)CC1. The first-order chi connectivity index (χ1) is 23.6. The van der Waals surface area contributed by atoms with Crippen molar-refractivity contribution in [3.8, 4) is 22.6 Å². The van der Waals surface area contributed by atoms with Crippen LogP contribution in [0.15, 0.2) is 53.5 Å². The molecule has 4 amide bonds. The molecule has 49 heavy (non-hydrogen) atoms. The van der Waals surface area contributed by atoms with Crippen molar-refractivity contribution >= 4 is 23.5 Å². The van der Waals surface area contributed by atoms with Crippen molar-refractivity contribution in [2.24, 2.45) is 7.05 Å². The minimum Gasteiger partial charge on any atom is -0.496 e. The second-order valence-corrected chi connectivity index (χ2v) is 13.1. The molecule has 0 saturated carbocycles. The Labute approximate surface area is 286 Å². The maximum Gasteiger partial charge on any atom is 0.328 e. The second-order valence-electron chi connectivity index (χ2n) is 13.1. The average molecular weight is 672 g/mol. The van der Waals surface area contributed by atoms with Crippen LogP contribution < -0.4 is 25.2 Å². The van der Waals surface area contributed by atoms with Crippen molar-refractivity contribution in [2.75, 3.05) is 51.8 Å². The largest absolute Gasteiger partial charge is 0.496 e. The molecular formula is C37H45N5O7. The van der Waals surface area contributed by atoms with Crippen LogP contribution >= 0.6 is 0 Å². The predicted molar refractivity (Wildman–Crippen MR) is 185 cm³/mol. The fourth-order valence-electron chi connectivity index (χ4n) is 7.01. The van der Waals surface area contributed by atoms with Crippen LogP contribution in [0.3, 0.4) is 0 Å². The molecule has 3 saturated heterocycles. The van der Waals surface area contributed by atoms with E-state index < -0.39 is 6.03 Å². The van der Waals surface area contributed by atoms with E-state index in [1.165, 1.54) is 12.0 Å². The van der Waals surface area contributed by atoms with Crippen molar-refractivity contribution in [3.05, 3.63) is 75.7 Å². The van der Waals surface area contributed by atoms with Gasteiger partial charge in [0.25, 0.3) is 11.5 Å². The van der Waals surface area contributed by atoms with Crippen LogP contribution in [0.4, 0.5) is 10.5 Å². The number of ether oxygens (including phenoxy) is 3. The number of benzene rings is 2. The van der Waals surface area contributed by atoms with Gasteiger partial charge in [0.05, 0.1) is 32.1 Å². The van der Waals surface area contributed by atoms with Crippen LogP contribution in [0.25, 0.3) is 11.1 Å². The summed E-state index contributed by atoms with van der Waals surface area (Å²) >= 11 is 0. The van der Waals surface area contributed by atoms with Gasteiger partial charge in [0.1, 0.15) is 11.5 Å². The van der Waals surface area contributed by atoms with Gasteiger partial charge >= 0.3 is 6.03 Å². The lowest BCUT2D eigenvalue weighted by Crippen LogP contribution is -2.49. The molecule has 0 spiro atoms. The minimum absolute atomic E-state index is 0.00658. The molecule has 0 atom stereocenters. The number of likely N-dealkylation sites (tertiary alicyclic amines) is 2. The van der Waals surface area contributed by atoms with Crippen molar-refractivity contribution < 1.29 is 28.6 Å². The van der Waals surface area contributed by atoms with Crippen LogP contribution in [-0.2, 0) is 23.1 Å².